The lowest BCUT2D eigenvalue weighted by Gasteiger charge is -2.03. The summed E-state index contributed by atoms with van der Waals surface area (Å²) < 4.78 is 0.644. The molecule has 0 bridgehead atoms. The number of hydrogen-bond donors (Lipinski definition) is 1. The van der Waals surface area contributed by atoms with Gasteiger partial charge in [-0.25, -0.2) is 4.98 Å². The van der Waals surface area contributed by atoms with Crippen molar-refractivity contribution in [2.45, 2.75) is 5.75 Å². The molecule has 0 atom stereocenters. The Bertz CT molecular complexity index is 832. The molecule has 0 fully saturated rings. The van der Waals surface area contributed by atoms with Gasteiger partial charge >= 0.3 is 0 Å². The highest BCUT2D eigenvalue weighted by molar-refractivity contribution is 8.22. The molecule has 1 N–H and O–H groups in total. The predicted octanol–water partition coefficient (Wildman–Crippen LogP) is 4.38. The highest BCUT2D eigenvalue weighted by Crippen LogP contribution is 2.13. The smallest absolute Gasteiger partial charge is 0.154 e. The van der Waals surface area contributed by atoms with Crippen LogP contribution in [-0.4, -0.2) is 15.5 Å². The minimum Gasteiger partial charge on any atom is -0.262 e. The third-order valence-corrected chi connectivity index (χ3v) is 4.46. The van der Waals surface area contributed by atoms with Crippen LogP contribution in [0.25, 0.3) is 10.9 Å². The molecule has 0 aliphatic carbocycles. The molecule has 0 unspecified atom stereocenters. The van der Waals surface area contributed by atoms with Gasteiger partial charge in [0.1, 0.15) is 0 Å². The molecule has 5 heteroatoms. The molecular formula is C18H15N3S2. The van der Waals surface area contributed by atoms with E-state index in [2.05, 4.69) is 27.6 Å². The lowest BCUT2D eigenvalue weighted by molar-refractivity contribution is 1.07. The fraction of sp³-hybridized carbons (Fsp3) is 0.0556. The van der Waals surface area contributed by atoms with Crippen molar-refractivity contribution in [2.24, 2.45) is 5.10 Å². The SMILES string of the molecule is S=C(N/N=C/c1ccc2ccccc2n1)SCc1ccccc1. The first-order valence-electron chi connectivity index (χ1n) is 7.17. The Morgan fingerprint density at radius 2 is 1.83 bits per heavy atom. The van der Waals surface area contributed by atoms with Crippen LogP contribution in [0.5, 0.6) is 0 Å². The molecule has 23 heavy (non-hydrogen) atoms. The van der Waals surface area contributed by atoms with Gasteiger partial charge in [0.25, 0.3) is 0 Å². The normalized spacial score (nSPS) is 11.0. The highest BCUT2D eigenvalue weighted by Gasteiger charge is 1.98. The zero-order valence-electron chi connectivity index (χ0n) is 12.3. The van der Waals surface area contributed by atoms with Crippen LogP contribution >= 0.6 is 24.0 Å². The Labute approximate surface area is 144 Å². The van der Waals surface area contributed by atoms with Crippen molar-refractivity contribution in [3.8, 4) is 0 Å². The van der Waals surface area contributed by atoms with Crippen LogP contribution in [0.2, 0.25) is 0 Å². The molecule has 0 radical (unpaired) electrons. The summed E-state index contributed by atoms with van der Waals surface area (Å²) >= 11 is 6.82. The number of nitrogens with one attached hydrogen (secondary N) is 1. The van der Waals surface area contributed by atoms with Gasteiger partial charge in [0, 0.05) is 11.1 Å². The molecule has 2 aromatic carbocycles. The second-order valence-corrected chi connectivity index (χ2v) is 6.51. The quantitative estimate of drug-likeness (QED) is 0.436. The minimum absolute atomic E-state index is 0.644. The van der Waals surface area contributed by atoms with Crippen molar-refractivity contribution in [1.29, 1.82) is 0 Å². The van der Waals surface area contributed by atoms with Crippen LogP contribution in [0.15, 0.2) is 71.8 Å². The summed E-state index contributed by atoms with van der Waals surface area (Å²) in [6.07, 6.45) is 1.68. The Hall–Kier alpha value is -2.24. The molecule has 1 aromatic heterocycles. The van der Waals surface area contributed by atoms with Crippen molar-refractivity contribution >= 4 is 45.4 Å². The third-order valence-electron chi connectivity index (χ3n) is 3.19. The molecule has 3 aromatic rings. The van der Waals surface area contributed by atoms with Crippen molar-refractivity contribution in [3.05, 3.63) is 78.0 Å². The molecule has 0 saturated heterocycles. The maximum Gasteiger partial charge on any atom is 0.154 e. The topological polar surface area (TPSA) is 37.3 Å². The summed E-state index contributed by atoms with van der Waals surface area (Å²) in [5.74, 6) is 0.830. The first-order valence-corrected chi connectivity index (χ1v) is 8.56. The number of aromatic nitrogens is 1. The summed E-state index contributed by atoms with van der Waals surface area (Å²) in [5, 5.41) is 5.28. The third kappa shape index (κ3) is 4.61. The second kappa shape index (κ2) is 7.85. The number of rotatable bonds is 4. The number of hydrogen-bond acceptors (Lipinski definition) is 4. The van der Waals surface area contributed by atoms with Crippen LogP contribution in [-0.2, 0) is 5.75 Å². The van der Waals surface area contributed by atoms with Gasteiger partial charge < -0.3 is 0 Å². The fourth-order valence-corrected chi connectivity index (χ4v) is 2.90. The van der Waals surface area contributed by atoms with E-state index >= 15 is 0 Å². The number of thioether (sulfide) groups is 1. The van der Waals surface area contributed by atoms with Gasteiger partial charge in [0.05, 0.1) is 17.4 Å². The number of para-hydroxylation sites is 1. The standard InChI is InChI=1S/C18H15N3S2/c22-18(23-13-14-6-2-1-3-7-14)21-19-12-16-11-10-15-8-4-5-9-17(15)20-16/h1-12H,13H2,(H,21,22)/b19-12+. The molecule has 1 heterocycles. The van der Waals surface area contributed by atoms with E-state index in [4.69, 9.17) is 12.2 Å². The lowest BCUT2D eigenvalue weighted by Crippen LogP contribution is -2.11. The zero-order valence-corrected chi connectivity index (χ0v) is 14.0. The van der Waals surface area contributed by atoms with Gasteiger partial charge in [-0.1, -0.05) is 78.6 Å². The first kappa shape index (κ1) is 15.6. The van der Waals surface area contributed by atoms with E-state index in [1.165, 1.54) is 5.56 Å². The van der Waals surface area contributed by atoms with Crippen LogP contribution < -0.4 is 5.43 Å². The molecule has 0 aliphatic rings. The average Bonchev–Trinajstić information content (AvgIpc) is 2.61. The largest absolute Gasteiger partial charge is 0.262 e. The predicted molar refractivity (Wildman–Crippen MR) is 103 cm³/mol. The van der Waals surface area contributed by atoms with Gasteiger partial charge in [-0.2, -0.15) is 5.10 Å². The number of pyridine rings is 1. The highest BCUT2D eigenvalue weighted by atomic mass is 32.2. The summed E-state index contributed by atoms with van der Waals surface area (Å²) in [6, 6.07) is 22.2. The first-order chi connectivity index (χ1) is 11.3. The van der Waals surface area contributed by atoms with Gasteiger partial charge in [0.15, 0.2) is 4.32 Å². The molecule has 114 valence electrons. The number of hydrazone groups is 1. The summed E-state index contributed by atoms with van der Waals surface area (Å²) in [6.45, 7) is 0. The number of benzene rings is 2. The number of thiocarbonyl (C=S) groups is 1. The Morgan fingerprint density at radius 3 is 2.70 bits per heavy atom. The Balaban J connectivity index is 1.54. The van der Waals surface area contributed by atoms with Gasteiger partial charge in [0.2, 0.25) is 0 Å². The lowest BCUT2D eigenvalue weighted by atomic mass is 10.2. The van der Waals surface area contributed by atoms with E-state index in [1.54, 1.807) is 18.0 Å². The maximum absolute atomic E-state index is 5.26. The number of nitrogens with zero attached hydrogens (tertiary/aromatic N) is 2. The zero-order chi connectivity index (χ0) is 15.9. The van der Waals surface area contributed by atoms with Gasteiger partial charge in [-0.15, -0.1) is 0 Å². The monoisotopic (exact) mass is 337 g/mol. The van der Waals surface area contributed by atoms with Crippen LogP contribution in [0.1, 0.15) is 11.3 Å². The van der Waals surface area contributed by atoms with Crippen LogP contribution in [0.4, 0.5) is 0 Å². The summed E-state index contributed by atoms with van der Waals surface area (Å²) in [7, 11) is 0. The summed E-state index contributed by atoms with van der Waals surface area (Å²) in [4.78, 5) is 4.53. The van der Waals surface area contributed by atoms with Gasteiger partial charge in [-0.05, 0) is 17.7 Å². The van der Waals surface area contributed by atoms with Crippen molar-refractivity contribution in [1.82, 2.24) is 10.4 Å². The molecule has 0 spiro atoms. The van der Waals surface area contributed by atoms with Crippen molar-refractivity contribution in [3.63, 3.8) is 0 Å². The van der Waals surface area contributed by atoms with E-state index < -0.39 is 0 Å². The van der Waals surface area contributed by atoms with Gasteiger partial charge in [-0.3, -0.25) is 5.43 Å². The van der Waals surface area contributed by atoms with E-state index in [0.29, 0.717) is 4.32 Å². The molecule has 0 amide bonds. The molecular weight excluding hydrogens is 322 g/mol. The van der Waals surface area contributed by atoms with Crippen molar-refractivity contribution in [2.75, 3.05) is 0 Å². The summed E-state index contributed by atoms with van der Waals surface area (Å²) in [5.41, 5.74) is 5.87. The molecule has 3 rings (SSSR count). The minimum atomic E-state index is 0.644. The van der Waals surface area contributed by atoms with E-state index in [1.807, 2.05) is 54.6 Å². The van der Waals surface area contributed by atoms with Crippen molar-refractivity contribution < 1.29 is 0 Å². The molecule has 0 aliphatic heterocycles. The van der Waals surface area contributed by atoms with E-state index in [0.717, 1.165) is 22.3 Å². The van der Waals surface area contributed by atoms with Crippen LogP contribution in [0.3, 0.4) is 0 Å². The second-order valence-electron chi connectivity index (χ2n) is 4.86. The molecule has 0 saturated carbocycles. The average molecular weight is 337 g/mol. The maximum atomic E-state index is 5.26. The Morgan fingerprint density at radius 1 is 1.04 bits per heavy atom. The van der Waals surface area contributed by atoms with Crippen LogP contribution in [0, 0.1) is 0 Å². The fourth-order valence-electron chi connectivity index (χ4n) is 2.06. The van der Waals surface area contributed by atoms with E-state index in [-0.39, 0.29) is 0 Å². The Kier molecular flexibility index (Phi) is 5.34. The molecule has 3 nitrogen and oxygen atoms in total. The number of fused-ring (bicyclic) bond motifs is 1. The van der Waals surface area contributed by atoms with E-state index in [9.17, 15) is 0 Å².